The van der Waals surface area contributed by atoms with Crippen LogP contribution >= 0.6 is 0 Å². The van der Waals surface area contributed by atoms with Crippen molar-refractivity contribution in [1.29, 1.82) is 0 Å². The van der Waals surface area contributed by atoms with Crippen LogP contribution in [0.25, 0.3) is 0 Å². The Kier molecular flexibility index (Phi) is 5.22. The van der Waals surface area contributed by atoms with E-state index in [1.54, 1.807) is 0 Å². The number of nitrogens with one attached hydrogen (secondary N) is 1. The summed E-state index contributed by atoms with van der Waals surface area (Å²) in [6.45, 7) is 5.51. The molecule has 4 nitrogen and oxygen atoms in total. The monoisotopic (exact) mass is 228 g/mol. The molecule has 0 unspecified atom stereocenters. The van der Waals surface area contributed by atoms with E-state index in [2.05, 4.69) is 5.32 Å². The minimum atomic E-state index is -0.272. The lowest BCUT2D eigenvalue weighted by atomic mass is 9.94. The van der Waals surface area contributed by atoms with E-state index in [1.807, 2.05) is 13.8 Å². The van der Waals surface area contributed by atoms with Gasteiger partial charge < -0.3 is 15.8 Å². The Hall–Kier alpha value is -0.610. The van der Waals surface area contributed by atoms with Gasteiger partial charge in [-0.15, -0.1) is 0 Å². The first-order chi connectivity index (χ1) is 7.59. The maximum Gasteiger partial charge on any atom is 0.246 e. The molecule has 3 N–H and O–H groups in total. The Bertz CT molecular complexity index is 223. The summed E-state index contributed by atoms with van der Waals surface area (Å²) in [6.07, 6.45) is 4.23. The van der Waals surface area contributed by atoms with E-state index in [0.29, 0.717) is 12.5 Å². The molecule has 16 heavy (non-hydrogen) atoms. The largest absolute Gasteiger partial charge is 0.371 e. The molecule has 0 aromatic rings. The minimum Gasteiger partial charge on any atom is -0.371 e. The highest BCUT2D eigenvalue weighted by Crippen LogP contribution is 2.28. The predicted octanol–water partition coefficient (Wildman–Crippen LogP) is 1.05. The number of carbonyl (C=O) groups excluding carboxylic acids is 1. The van der Waals surface area contributed by atoms with E-state index in [-0.39, 0.29) is 18.1 Å². The highest BCUT2D eigenvalue weighted by atomic mass is 16.5. The second-order valence-electron chi connectivity index (χ2n) is 4.80. The number of amides is 1. The van der Waals surface area contributed by atoms with Gasteiger partial charge in [-0.05, 0) is 31.6 Å². The van der Waals surface area contributed by atoms with Crippen LogP contribution in [0.5, 0.6) is 0 Å². The van der Waals surface area contributed by atoms with Crippen molar-refractivity contribution in [3.63, 3.8) is 0 Å². The molecule has 0 radical (unpaired) electrons. The molecule has 94 valence electrons. The number of hydrogen-bond acceptors (Lipinski definition) is 3. The molecule has 0 spiro atoms. The summed E-state index contributed by atoms with van der Waals surface area (Å²) in [5.41, 5.74) is 5.80. The van der Waals surface area contributed by atoms with Crippen molar-refractivity contribution in [2.24, 2.45) is 11.7 Å². The zero-order chi connectivity index (χ0) is 12.0. The quantitative estimate of drug-likeness (QED) is 0.652. The molecular weight excluding hydrogens is 204 g/mol. The fourth-order valence-corrected chi connectivity index (χ4v) is 1.43. The fourth-order valence-electron chi connectivity index (χ4n) is 1.43. The summed E-state index contributed by atoms with van der Waals surface area (Å²) in [5, 5.41) is 2.83. The highest BCUT2D eigenvalue weighted by Gasteiger charge is 2.23. The average molecular weight is 228 g/mol. The van der Waals surface area contributed by atoms with E-state index >= 15 is 0 Å². The lowest BCUT2D eigenvalue weighted by molar-refractivity contribution is -0.126. The van der Waals surface area contributed by atoms with Crippen molar-refractivity contribution in [2.45, 2.75) is 45.1 Å². The topological polar surface area (TPSA) is 64.3 Å². The van der Waals surface area contributed by atoms with E-state index < -0.39 is 0 Å². The fraction of sp³-hybridized carbons (Fsp3) is 0.917. The number of rotatable bonds is 8. The molecule has 0 saturated heterocycles. The van der Waals surface area contributed by atoms with Crippen molar-refractivity contribution < 1.29 is 9.53 Å². The molecule has 1 amide bonds. The van der Waals surface area contributed by atoms with Gasteiger partial charge in [0.1, 0.15) is 6.61 Å². The molecule has 0 aliphatic heterocycles. The number of ether oxygens (including phenoxy) is 1. The van der Waals surface area contributed by atoms with Crippen LogP contribution in [-0.2, 0) is 9.53 Å². The van der Waals surface area contributed by atoms with E-state index in [9.17, 15) is 4.79 Å². The van der Waals surface area contributed by atoms with Crippen LogP contribution in [0.2, 0.25) is 0 Å². The van der Waals surface area contributed by atoms with Gasteiger partial charge in [-0.25, -0.2) is 0 Å². The van der Waals surface area contributed by atoms with Gasteiger partial charge in [0.2, 0.25) is 5.91 Å². The molecule has 0 atom stereocenters. The Morgan fingerprint density at radius 2 is 2.06 bits per heavy atom. The molecule has 1 aliphatic rings. The predicted molar refractivity (Wildman–Crippen MR) is 64.1 cm³/mol. The molecular formula is C12H24N2O2. The number of hydrogen-bond donors (Lipinski definition) is 2. The summed E-state index contributed by atoms with van der Waals surface area (Å²) >= 11 is 0. The molecule has 1 rings (SSSR count). The van der Waals surface area contributed by atoms with Gasteiger partial charge in [-0.2, -0.15) is 0 Å². The molecule has 1 aliphatic carbocycles. The van der Waals surface area contributed by atoms with Crippen LogP contribution in [0.4, 0.5) is 0 Å². The summed E-state index contributed by atoms with van der Waals surface area (Å²) in [7, 11) is 0. The summed E-state index contributed by atoms with van der Waals surface area (Å²) < 4.78 is 5.30. The Balaban J connectivity index is 2.07. The molecule has 1 saturated carbocycles. The third kappa shape index (κ3) is 4.94. The Labute approximate surface area is 97.9 Å². The maximum absolute atomic E-state index is 11.4. The zero-order valence-electron chi connectivity index (χ0n) is 10.4. The SMILES string of the molecule is CCC(N)(CC)CNC(=O)COCC1CC1. The molecule has 4 heteroatoms. The van der Waals surface area contributed by atoms with Gasteiger partial charge in [0.15, 0.2) is 0 Å². The van der Waals surface area contributed by atoms with Gasteiger partial charge in [0.05, 0.1) is 6.61 Å². The van der Waals surface area contributed by atoms with Gasteiger partial charge >= 0.3 is 0 Å². The van der Waals surface area contributed by atoms with Crippen LogP contribution < -0.4 is 11.1 Å². The minimum absolute atomic E-state index is 0.0580. The second kappa shape index (κ2) is 6.21. The van der Waals surface area contributed by atoms with Crippen LogP contribution in [0.3, 0.4) is 0 Å². The molecule has 0 aromatic carbocycles. The van der Waals surface area contributed by atoms with Crippen molar-refractivity contribution in [3.8, 4) is 0 Å². The van der Waals surface area contributed by atoms with Gasteiger partial charge in [-0.1, -0.05) is 13.8 Å². The summed E-state index contributed by atoms with van der Waals surface area (Å²) in [5.74, 6) is 0.644. The number of carbonyl (C=O) groups is 1. The van der Waals surface area contributed by atoms with E-state index in [4.69, 9.17) is 10.5 Å². The smallest absolute Gasteiger partial charge is 0.246 e. The lowest BCUT2D eigenvalue weighted by Gasteiger charge is -2.26. The average Bonchev–Trinajstić information content (AvgIpc) is 3.10. The molecule has 0 aromatic heterocycles. The van der Waals surface area contributed by atoms with Crippen LogP contribution in [0.1, 0.15) is 39.5 Å². The van der Waals surface area contributed by atoms with Crippen molar-refractivity contribution >= 4 is 5.91 Å². The summed E-state index contributed by atoms with van der Waals surface area (Å²) in [4.78, 5) is 11.4. The van der Waals surface area contributed by atoms with Crippen molar-refractivity contribution in [1.82, 2.24) is 5.32 Å². The Morgan fingerprint density at radius 1 is 1.44 bits per heavy atom. The van der Waals surface area contributed by atoms with Gasteiger partial charge in [0.25, 0.3) is 0 Å². The van der Waals surface area contributed by atoms with Gasteiger partial charge in [-0.3, -0.25) is 4.79 Å². The highest BCUT2D eigenvalue weighted by molar-refractivity contribution is 5.77. The van der Waals surface area contributed by atoms with Crippen LogP contribution in [0, 0.1) is 5.92 Å². The third-order valence-electron chi connectivity index (χ3n) is 3.33. The standard InChI is InChI=1S/C12H24N2O2/c1-3-12(13,4-2)9-14-11(15)8-16-7-10-5-6-10/h10H,3-9,13H2,1-2H3,(H,14,15). The lowest BCUT2D eigenvalue weighted by Crippen LogP contribution is -2.49. The second-order valence-corrected chi connectivity index (χ2v) is 4.80. The first kappa shape index (κ1) is 13.5. The van der Waals surface area contributed by atoms with Gasteiger partial charge in [0, 0.05) is 12.1 Å². The zero-order valence-corrected chi connectivity index (χ0v) is 10.4. The number of nitrogens with two attached hydrogens (primary N) is 1. The first-order valence-electron chi connectivity index (χ1n) is 6.23. The molecule has 1 fully saturated rings. The van der Waals surface area contributed by atoms with Crippen molar-refractivity contribution in [2.75, 3.05) is 19.8 Å². The summed E-state index contributed by atoms with van der Waals surface area (Å²) in [6, 6.07) is 0. The normalized spacial score (nSPS) is 16.2. The maximum atomic E-state index is 11.4. The van der Waals surface area contributed by atoms with E-state index in [1.165, 1.54) is 12.8 Å². The van der Waals surface area contributed by atoms with Crippen LogP contribution in [0.15, 0.2) is 0 Å². The third-order valence-corrected chi connectivity index (χ3v) is 3.33. The molecule has 0 heterocycles. The van der Waals surface area contributed by atoms with Crippen molar-refractivity contribution in [3.05, 3.63) is 0 Å². The molecule has 0 bridgehead atoms. The van der Waals surface area contributed by atoms with Crippen LogP contribution in [-0.4, -0.2) is 31.2 Å². The van der Waals surface area contributed by atoms with E-state index in [0.717, 1.165) is 19.4 Å². The first-order valence-corrected chi connectivity index (χ1v) is 6.23. The Morgan fingerprint density at radius 3 is 2.56 bits per heavy atom.